The Kier molecular flexibility index (Phi) is 3.03. The number of amides is 2. The van der Waals surface area contributed by atoms with Crippen molar-refractivity contribution in [2.24, 2.45) is 0 Å². The van der Waals surface area contributed by atoms with E-state index in [1.165, 1.54) is 17.0 Å². The molecule has 2 aromatic carbocycles. The first kappa shape index (κ1) is 14.6. The van der Waals surface area contributed by atoms with Gasteiger partial charge in [-0.2, -0.15) is 0 Å². The zero-order valence-corrected chi connectivity index (χ0v) is 13.0. The third-order valence-corrected chi connectivity index (χ3v) is 4.52. The number of anilines is 1. The second-order valence-corrected chi connectivity index (χ2v) is 6.19. The summed E-state index contributed by atoms with van der Waals surface area (Å²) in [5.74, 6) is -0.565. The highest BCUT2D eigenvalue weighted by Crippen LogP contribution is 2.45. The summed E-state index contributed by atoms with van der Waals surface area (Å²) in [7, 11) is 0. The lowest BCUT2D eigenvalue weighted by Gasteiger charge is -2.50. The number of hydrogen-bond acceptors (Lipinski definition) is 4. The van der Waals surface area contributed by atoms with E-state index in [4.69, 9.17) is 4.74 Å². The minimum absolute atomic E-state index is 0.0160. The predicted octanol–water partition coefficient (Wildman–Crippen LogP) is 1.82. The number of para-hydroxylation sites is 1. The van der Waals surface area contributed by atoms with E-state index in [-0.39, 0.29) is 17.6 Å². The summed E-state index contributed by atoms with van der Waals surface area (Å²) in [4.78, 5) is 25.3. The van der Waals surface area contributed by atoms with Crippen LogP contribution in [-0.4, -0.2) is 17.7 Å². The van der Waals surface area contributed by atoms with Crippen LogP contribution >= 0.6 is 0 Å². The van der Waals surface area contributed by atoms with Gasteiger partial charge < -0.3 is 20.0 Å². The molecule has 0 aromatic heterocycles. The fourth-order valence-corrected chi connectivity index (χ4v) is 3.49. The van der Waals surface area contributed by atoms with Crippen LogP contribution in [0.3, 0.4) is 0 Å². The molecule has 1 fully saturated rings. The molecule has 0 saturated carbocycles. The molecule has 1 N–H and O–H groups in total. The predicted molar refractivity (Wildman–Crippen MR) is 84.6 cm³/mol. The van der Waals surface area contributed by atoms with Gasteiger partial charge in [-0.05, 0) is 30.7 Å². The number of rotatable bonds is 2. The normalized spacial score (nSPS) is 24.6. The van der Waals surface area contributed by atoms with E-state index >= 15 is 0 Å². The molecule has 2 atom stereocenters. The highest BCUT2D eigenvalue weighted by Gasteiger charge is 2.49. The third kappa shape index (κ3) is 2.11. The van der Waals surface area contributed by atoms with Gasteiger partial charge in [-0.1, -0.05) is 30.3 Å². The van der Waals surface area contributed by atoms with Crippen LogP contribution in [0.15, 0.2) is 48.5 Å². The molecule has 1 saturated heterocycles. The van der Waals surface area contributed by atoms with E-state index in [2.05, 4.69) is 5.32 Å². The molecule has 2 heterocycles. The quantitative estimate of drug-likeness (QED) is 0.914. The summed E-state index contributed by atoms with van der Waals surface area (Å²) in [5, 5.41) is 14.1. The van der Waals surface area contributed by atoms with Crippen molar-refractivity contribution in [3.8, 4) is 5.75 Å². The Bertz CT molecular complexity index is 850. The number of carboxylic acid groups (broad SMARTS) is 1. The van der Waals surface area contributed by atoms with Crippen molar-refractivity contribution in [1.82, 2.24) is 5.32 Å². The fourth-order valence-electron chi connectivity index (χ4n) is 3.49. The topological polar surface area (TPSA) is 81.7 Å². The molecule has 6 heteroatoms. The molecule has 24 heavy (non-hydrogen) atoms. The van der Waals surface area contributed by atoms with Crippen molar-refractivity contribution in [1.29, 1.82) is 0 Å². The van der Waals surface area contributed by atoms with E-state index in [0.717, 1.165) is 11.3 Å². The Morgan fingerprint density at radius 1 is 1.29 bits per heavy atom. The second kappa shape index (κ2) is 4.99. The smallest absolute Gasteiger partial charge is 0.325 e. The zero-order chi connectivity index (χ0) is 16.9. The molecular formula is C18H15N2O4-. The van der Waals surface area contributed by atoms with Gasteiger partial charge in [-0.25, -0.2) is 4.79 Å². The number of carbonyl (C=O) groups is 2. The summed E-state index contributed by atoms with van der Waals surface area (Å²) in [6.45, 7) is 1.83. The summed E-state index contributed by atoms with van der Waals surface area (Å²) in [6, 6.07) is 13.3. The van der Waals surface area contributed by atoms with Crippen LogP contribution in [0.25, 0.3) is 0 Å². The number of benzene rings is 2. The third-order valence-electron chi connectivity index (χ3n) is 4.52. The standard InChI is InChI=1S/C18H16N2O4/c1-18-10-14(13-7-2-3-8-15(13)24-18)19-17(23)20(18)12-6-4-5-11(9-12)16(21)22/h2-9,14H,10H2,1H3,(H,19,23)(H,21,22)/p-1/t14-,18-/m0/s1. The number of aromatic carboxylic acids is 1. The molecule has 0 radical (unpaired) electrons. The number of carbonyl (C=O) groups excluding carboxylic acids is 2. The summed E-state index contributed by atoms with van der Waals surface area (Å²) in [6.07, 6.45) is 0.561. The van der Waals surface area contributed by atoms with Gasteiger partial charge in [0.15, 0.2) is 5.72 Å². The van der Waals surface area contributed by atoms with Gasteiger partial charge in [0.1, 0.15) is 5.75 Å². The van der Waals surface area contributed by atoms with E-state index in [1.54, 1.807) is 12.1 Å². The fraction of sp³-hybridized carbons (Fsp3) is 0.222. The van der Waals surface area contributed by atoms with Crippen molar-refractivity contribution in [2.75, 3.05) is 4.90 Å². The average molecular weight is 323 g/mol. The number of nitrogens with one attached hydrogen (secondary N) is 1. The van der Waals surface area contributed by atoms with Crippen molar-refractivity contribution in [2.45, 2.75) is 25.1 Å². The maximum Gasteiger partial charge on any atom is 0.325 e. The number of fused-ring (bicyclic) bond motifs is 4. The largest absolute Gasteiger partial charge is 0.545 e. The highest BCUT2D eigenvalue weighted by molar-refractivity contribution is 5.96. The Morgan fingerprint density at radius 3 is 2.88 bits per heavy atom. The maximum absolute atomic E-state index is 12.7. The van der Waals surface area contributed by atoms with Crippen LogP contribution in [-0.2, 0) is 0 Å². The first-order chi connectivity index (χ1) is 11.5. The van der Waals surface area contributed by atoms with Crippen LogP contribution in [0, 0.1) is 0 Å². The van der Waals surface area contributed by atoms with E-state index < -0.39 is 11.7 Å². The molecule has 2 aliphatic rings. The minimum atomic E-state index is -1.28. The molecule has 6 nitrogen and oxygen atoms in total. The van der Waals surface area contributed by atoms with Crippen molar-refractivity contribution in [3.05, 3.63) is 59.7 Å². The summed E-state index contributed by atoms with van der Waals surface area (Å²) >= 11 is 0. The van der Waals surface area contributed by atoms with E-state index in [1.807, 2.05) is 31.2 Å². The molecule has 0 unspecified atom stereocenters. The maximum atomic E-state index is 12.7. The molecule has 2 amide bonds. The van der Waals surface area contributed by atoms with Crippen LogP contribution in [0.5, 0.6) is 5.75 Å². The van der Waals surface area contributed by atoms with Gasteiger partial charge in [0, 0.05) is 12.0 Å². The Balaban J connectivity index is 1.79. The Hall–Kier alpha value is -3.02. The molecule has 2 aliphatic heterocycles. The summed E-state index contributed by atoms with van der Waals surface area (Å²) in [5.41, 5.74) is 0.523. The van der Waals surface area contributed by atoms with Gasteiger partial charge in [0.25, 0.3) is 0 Å². The SMILES string of the molecule is C[C@]12C[C@H](NC(=O)N1c1cccc(C(=O)[O-])c1)c1ccccc1O2. The van der Waals surface area contributed by atoms with Gasteiger partial charge in [-0.3, -0.25) is 4.90 Å². The first-order valence-corrected chi connectivity index (χ1v) is 7.68. The Labute approximate surface area is 138 Å². The average Bonchev–Trinajstić information content (AvgIpc) is 2.54. The lowest BCUT2D eigenvalue weighted by molar-refractivity contribution is -0.255. The lowest BCUT2D eigenvalue weighted by Crippen LogP contribution is -2.65. The summed E-state index contributed by atoms with van der Waals surface area (Å²) < 4.78 is 6.13. The van der Waals surface area contributed by atoms with Gasteiger partial charge in [-0.15, -0.1) is 0 Å². The Morgan fingerprint density at radius 2 is 2.08 bits per heavy atom. The van der Waals surface area contributed by atoms with Crippen molar-refractivity contribution < 1.29 is 19.4 Å². The van der Waals surface area contributed by atoms with Crippen LogP contribution in [0.2, 0.25) is 0 Å². The molecule has 2 aromatic rings. The van der Waals surface area contributed by atoms with Crippen LogP contribution in [0.1, 0.15) is 35.3 Å². The molecule has 0 spiro atoms. The number of ether oxygens (including phenoxy) is 1. The number of urea groups is 1. The number of hydrogen-bond donors (Lipinski definition) is 1. The second-order valence-electron chi connectivity index (χ2n) is 6.19. The van der Waals surface area contributed by atoms with Gasteiger partial charge in [0.05, 0.1) is 17.7 Å². The van der Waals surface area contributed by atoms with Gasteiger partial charge in [0.2, 0.25) is 0 Å². The molecule has 0 aliphatic carbocycles. The van der Waals surface area contributed by atoms with Crippen LogP contribution in [0.4, 0.5) is 10.5 Å². The molecule has 2 bridgehead atoms. The molecule has 122 valence electrons. The molecule has 4 rings (SSSR count). The monoisotopic (exact) mass is 323 g/mol. The number of nitrogens with zero attached hydrogens (tertiary/aromatic N) is 1. The number of carboxylic acids is 1. The van der Waals surface area contributed by atoms with Crippen molar-refractivity contribution in [3.63, 3.8) is 0 Å². The molecular weight excluding hydrogens is 308 g/mol. The highest BCUT2D eigenvalue weighted by atomic mass is 16.5. The van der Waals surface area contributed by atoms with Crippen LogP contribution < -0.4 is 20.1 Å². The van der Waals surface area contributed by atoms with Gasteiger partial charge >= 0.3 is 6.03 Å². The zero-order valence-electron chi connectivity index (χ0n) is 13.0. The van der Waals surface area contributed by atoms with E-state index in [9.17, 15) is 14.7 Å². The first-order valence-electron chi connectivity index (χ1n) is 7.68. The van der Waals surface area contributed by atoms with E-state index in [0.29, 0.717) is 12.1 Å². The minimum Gasteiger partial charge on any atom is -0.545 e. The lowest BCUT2D eigenvalue weighted by atomic mass is 9.90. The van der Waals surface area contributed by atoms with Crippen molar-refractivity contribution >= 4 is 17.7 Å².